The second-order valence-electron chi connectivity index (χ2n) is 4.13. The quantitative estimate of drug-likeness (QED) is 0.822. The van der Waals surface area contributed by atoms with E-state index < -0.39 is 10.8 Å². The van der Waals surface area contributed by atoms with E-state index in [1.807, 2.05) is 30.3 Å². The summed E-state index contributed by atoms with van der Waals surface area (Å²) >= 11 is 0. The molecule has 0 aromatic heterocycles. The van der Waals surface area contributed by atoms with E-state index in [0.29, 0.717) is 25.4 Å². The van der Waals surface area contributed by atoms with Crippen molar-refractivity contribution >= 4 is 16.9 Å². The highest BCUT2D eigenvalue weighted by Crippen LogP contribution is 2.25. The van der Waals surface area contributed by atoms with Crippen molar-refractivity contribution in [2.75, 3.05) is 25.4 Å². The Morgan fingerprint density at radius 2 is 2.17 bits per heavy atom. The molecule has 1 heterocycles. The van der Waals surface area contributed by atoms with E-state index in [-0.39, 0.29) is 11.3 Å². The Balaban J connectivity index is 2.10. The van der Waals surface area contributed by atoms with Crippen LogP contribution in [0.15, 0.2) is 30.3 Å². The van der Waals surface area contributed by atoms with Crippen LogP contribution in [-0.2, 0) is 15.5 Å². The molecule has 0 saturated carbocycles. The minimum Gasteiger partial charge on any atom is -0.450 e. The lowest BCUT2D eigenvalue weighted by atomic mass is 10.1. The van der Waals surface area contributed by atoms with E-state index in [1.54, 1.807) is 11.8 Å². The molecule has 0 radical (unpaired) electrons. The van der Waals surface area contributed by atoms with Gasteiger partial charge in [0.25, 0.3) is 0 Å². The van der Waals surface area contributed by atoms with Gasteiger partial charge in [0.2, 0.25) is 0 Å². The Morgan fingerprint density at radius 3 is 2.83 bits per heavy atom. The molecule has 1 aliphatic heterocycles. The van der Waals surface area contributed by atoms with Gasteiger partial charge in [-0.3, -0.25) is 4.21 Å². The van der Waals surface area contributed by atoms with Gasteiger partial charge in [0.15, 0.2) is 0 Å². The first-order valence-electron chi connectivity index (χ1n) is 6.06. The fourth-order valence-corrected chi connectivity index (χ4v) is 3.51. The van der Waals surface area contributed by atoms with E-state index in [2.05, 4.69) is 0 Å². The molecule has 1 unspecified atom stereocenters. The molecule has 2 rings (SSSR count). The normalized spacial score (nSPS) is 23.7. The molecule has 0 spiro atoms. The van der Waals surface area contributed by atoms with Crippen LogP contribution in [0.2, 0.25) is 0 Å². The molecule has 0 bridgehead atoms. The summed E-state index contributed by atoms with van der Waals surface area (Å²) in [4.78, 5) is 13.3. The summed E-state index contributed by atoms with van der Waals surface area (Å²) in [5.74, 6) is 0.512. The van der Waals surface area contributed by atoms with Gasteiger partial charge in [-0.05, 0) is 12.5 Å². The molecule has 1 aliphatic rings. The third-order valence-corrected chi connectivity index (χ3v) is 4.60. The lowest BCUT2D eigenvalue weighted by molar-refractivity contribution is 0.108. The van der Waals surface area contributed by atoms with Crippen LogP contribution in [0.25, 0.3) is 0 Å². The molecule has 1 aromatic rings. The predicted octanol–water partition coefficient (Wildman–Crippen LogP) is 1.95. The second-order valence-corrected chi connectivity index (χ2v) is 5.87. The number of hydrogen-bond acceptors (Lipinski definition) is 3. The maximum Gasteiger partial charge on any atom is 0.409 e. The van der Waals surface area contributed by atoms with Gasteiger partial charge in [0, 0.05) is 29.6 Å². The standard InChI is InChI=1S/C13H17NO3S/c1-2-17-13(15)14-8-9-18(16)12(10-14)11-6-4-3-5-7-11/h3-7,12H,2,8-10H2,1H3/t12-,18?/m0/s1. The van der Waals surface area contributed by atoms with Crippen LogP contribution in [0.5, 0.6) is 0 Å². The second kappa shape index (κ2) is 6.00. The number of ether oxygens (including phenoxy) is 1. The average molecular weight is 267 g/mol. The monoisotopic (exact) mass is 267 g/mol. The molecule has 1 amide bonds. The molecule has 18 heavy (non-hydrogen) atoms. The maximum absolute atomic E-state index is 12.1. The Morgan fingerprint density at radius 1 is 1.44 bits per heavy atom. The van der Waals surface area contributed by atoms with Crippen LogP contribution in [-0.4, -0.2) is 40.7 Å². The molecule has 98 valence electrons. The van der Waals surface area contributed by atoms with Crippen molar-refractivity contribution in [3.63, 3.8) is 0 Å². The minimum absolute atomic E-state index is 0.107. The minimum atomic E-state index is -0.920. The highest BCUT2D eigenvalue weighted by molar-refractivity contribution is 7.85. The lowest BCUT2D eigenvalue weighted by Crippen LogP contribution is -2.43. The number of hydrogen-bond donors (Lipinski definition) is 0. The third kappa shape index (κ3) is 2.90. The summed E-state index contributed by atoms with van der Waals surface area (Å²) in [6.45, 7) is 3.13. The Hall–Kier alpha value is -1.36. The first-order valence-corrected chi connectivity index (χ1v) is 7.44. The van der Waals surface area contributed by atoms with Crippen molar-refractivity contribution < 1.29 is 13.7 Å². The van der Waals surface area contributed by atoms with Crippen LogP contribution >= 0.6 is 0 Å². The van der Waals surface area contributed by atoms with Gasteiger partial charge in [0.05, 0.1) is 11.9 Å². The first-order chi connectivity index (χ1) is 8.72. The first kappa shape index (κ1) is 13.1. The molecule has 0 N–H and O–H groups in total. The van der Waals surface area contributed by atoms with Crippen molar-refractivity contribution in [2.45, 2.75) is 12.2 Å². The van der Waals surface area contributed by atoms with Gasteiger partial charge >= 0.3 is 6.09 Å². The molecule has 4 nitrogen and oxygen atoms in total. The number of amides is 1. The van der Waals surface area contributed by atoms with E-state index in [9.17, 15) is 9.00 Å². The van der Waals surface area contributed by atoms with E-state index >= 15 is 0 Å². The van der Waals surface area contributed by atoms with E-state index in [1.165, 1.54) is 0 Å². The van der Waals surface area contributed by atoms with Crippen LogP contribution in [0.1, 0.15) is 17.7 Å². The summed E-state index contributed by atoms with van der Waals surface area (Å²) in [5, 5.41) is -0.107. The van der Waals surface area contributed by atoms with Crippen molar-refractivity contribution in [1.82, 2.24) is 4.90 Å². The summed E-state index contributed by atoms with van der Waals surface area (Å²) in [5.41, 5.74) is 1.02. The molecule has 0 aliphatic carbocycles. The van der Waals surface area contributed by atoms with Gasteiger partial charge in [-0.15, -0.1) is 0 Å². The van der Waals surface area contributed by atoms with Crippen LogP contribution < -0.4 is 0 Å². The van der Waals surface area contributed by atoms with Gasteiger partial charge in [-0.25, -0.2) is 4.79 Å². The summed E-state index contributed by atoms with van der Waals surface area (Å²) in [6, 6.07) is 9.69. The zero-order valence-electron chi connectivity index (χ0n) is 10.4. The largest absolute Gasteiger partial charge is 0.450 e. The Labute approximate surface area is 109 Å². The number of nitrogens with zero attached hydrogens (tertiary/aromatic N) is 1. The van der Waals surface area contributed by atoms with Crippen LogP contribution in [0.3, 0.4) is 0 Å². The molecule has 5 heteroatoms. The van der Waals surface area contributed by atoms with Gasteiger partial charge < -0.3 is 9.64 Å². The summed E-state index contributed by atoms with van der Waals surface area (Å²) < 4.78 is 17.0. The Bertz CT molecular complexity index is 435. The topological polar surface area (TPSA) is 46.6 Å². The van der Waals surface area contributed by atoms with Crippen LogP contribution in [0.4, 0.5) is 4.79 Å². The summed E-state index contributed by atoms with van der Waals surface area (Å²) in [6.07, 6.45) is -0.310. The fraction of sp³-hybridized carbons (Fsp3) is 0.462. The third-order valence-electron chi connectivity index (χ3n) is 2.96. The maximum atomic E-state index is 12.1. The van der Waals surface area contributed by atoms with Crippen LogP contribution in [0, 0.1) is 0 Å². The average Bonchev–Trinajstić information content (AvgIpc) is 2.40. The molecular weight excluding hydrogens is 250 g/mol. The van der Waals surface area contributed by atoms with Crippen molar-refractivity contribution in [3.8, 4) is 0 Å². The molecule has 1 saturated heterocycles. The fourth-order valence-electron chi connectivity index (χ4n) is 2.02. The van der Waals surface area contributed by atoms with E-state index in [4.69, 9.17) is 4.74 Å². The zero-order valence-corrected chi connectivity index (χ0v) is 11.2. The van der Waals surface area contributed by atoms with E-state index in [0.717, 1.165) is 5.56 Å². The molecule has 2 atom stereocenters. The van der Waals surface area contributed by atoms with Gasteiger partial charge in [0.1, 0.15) is 0 Å². The number of rotatable bonds is 2. The number of benzene rings is 1. The molecular formula is C13H17NO3S. The van der Waals surface area contributed by atoms with Gasteiger partial charge in [-0.1, -0.05) is 30.3 Å². The predicted molar refractivity (Wildman–Crippen MR) is 70.8 cm³/mol. The number of carbonyl (C=O) groups is 1. The Kier molecular flexibility index (Phi) is 4.36. The molecule has 1 aromatic carbocycles. The number of carbonyl (C=O) groups excluding carboxylic acids is 1. The molecule has 1 fully saturated rings. The van der Waals surface area contributed by atoms with Gasteiger partial charge in [-0.2, -0.15) is 0 Å². The van der Waals surface area contributed by atoms with Crippen molar-refractivity contribution in [1.29, 1.82) is 0 Å². The summed E-state index contributed by atoms with van der Waals surface area (Å²) in [7, 11) is -0.920. The SMILES string of the molecule is CCOC(=O)N1CCS(=O)[C@H](c2ccccc2)C1. The van der Waals surface area contributed by atoms with Crippen molar-refractivity contribution in [3.05, 3.63) is 35.9 Å². The zero-order chi connectivity index (χ0) is 13.0. The smallest absolute Gasteiger partial charge is 0.409 e. The highest BCUT2D eigenvalue weighted by atomic mass is 32.2. The van der Waals surface area contributed by atoms with Crippen molar-refractivity contribution in [2.24, 2.45) is 0 Å². The lowest BCUT2D eigenvalue weighted by Gasteiger charge is -2.31. The highest BCUT2D eigenvalue weighted by Gasteiger charge is 2.30.